The summed E-state index contributed by atoms with van der Waals surface area (Å²) in [5, 5.41) is 11.2. The van der Waals surface area contributed by atoms with E-state index in [9.17, 15) is 0 Å². The zero-order valence-electron chi connectivity index (χ0n) is 12.6. The highest BCUT2D eigenvalue weighted by Crippen LogP contribution is 2.35. The third-order valence-corrected chi connectivity index (χ3v) is 3.70. The maximum atomic E-state index is 5.85. The number of hydrogen-bond donors (Lipinski definition) is 1. The van der Waals surface area contributed by atoms with Crippen LogP contribution >= 0.6 is 0 Å². The molecule has 1 atom stereocenters. The number of para-hydroxylation sites is 2. The van der Waals surface area contributed by atoms with Gasteiger partial charge in [0.2, 0.25) is 6.10 Å². The molecule has 1 N–H and O–H groups in total. The second-order valence-electron chi connectivity index (χ2n) is 5.27. The van der Waals surface area contributed by atoms with Crippen LogP contribution in [-0.2, 0) is 13.6 Å². The molecule has 0 radical (unpaired) electrons. The maximum Gasteiger partial charge on any atom is 0.315 e. The van der Waals surface area contributed by atoms with Gasteiger partial charge in [-0.3, -0.25) is 0 Å². The summed E-state index contributed by atoms with van der Waals surface area (Å²) >= 11 is 0. The first-order valence-electron chi connectivity index (χ1n) is 7.35. The van der Waals surface area contributed by atoms with Crippen LogP contribution in [0.15, 0.2) is 47.0 Å². The van der Waals surface area contributed by atoms with E-state index in [1.54, 1.807) is 0 Å². The first-order valence-corrected chi connectivity index (χ1v) is 7.35. The maximum absolute atomic E-state index is 5.85. The van der Waals surface area contributed by atoms with Crippen molar-refractivity contribution in [2.24, 2.45) is 7.05 Å². The van der Waals surface area contributed by atoms with Crippen molar-refractivity contribution >= 4 is 6.01 Å². The van der Waals surface area contributed by atoms with Crippen LogP contribution in [0.2, 0.25) is 0 Å². The van der Waals surface area contributed by atoms with Gasteiger partial charge >= 0.3 is 6.01 Å². The minimum absolute atomic E-state index is 0.344. The Morgan fingerprint density at radius 2 is 2.04 bits per heavy atom. The highest BCUT2D eigenvalue weighted by molar-refractivity contribution is 5.41. The second-order valence-corrected chi connectivity index (χ2v) is 5.27. The quantitative estimate of drug-likeness (QED) is 0.798. The number of fused-ring (bicyclic) bond motifs is 1. The van der Waals surface area contributed by atoms with Crippen molar-refractivity contribution in [3.63, 3.8) is 0 Å². The van der Waals surface area contributed by atoms with Gasteiger partial charge in [-0.05, 0) is 24.3 Å². The van der Waals surface area contributed by atoms with Crippen molar-refractivity contribution in [3.05, 3.63) is 54.2 Å². The molecule has 0 spiro atoms. The molecule has 118 valence electrons. The first kappa shape index (κ1) is 13.7. The lowest BCUT2D eigenvalue weighted by Gasteiger charge is -2.23. The van der Waals surface area contributed by atoms with Crippen LogP contribution in [0.25, 0.3) is 0 Å². The number of nitrogens with one attached hydrogen (secondary N) is 1. The smallest absolute Gasteiger partial charge is 0.315 e. The van der Waals surface area contributed by atoms with E-state index >= 15 is 0 Å². The summed E-state index contributed by atoms with van der Waals surface area (Å²) in [6.45, 7) is 0.951. The van der Waals surface area contributed by atoms with Crippen molar-refractivity contribution in [3.8, 4) is 11.5 Å². The molecule has 0 saturated carbocycles. The van der Waals surface area contributed by atoms with Gasteiger partial charge in [-0.15, -0.1) is 5.10 Å². The average Bonchev–Trinajstić information content (AvgIpc) is 3.21. The van der Waals surface area contributed by atoms with Gasteiger partial charge in [-0.2, -0.15) is 0 Å². The third-order valence-electron chi connectivity index (χ3n) is 3.70. The number of aryl methyl sites for hydroxylation is 1. The molecule has 0 unspecified atom stereocenters. The lowest BCUT2D eigenvalue weighted by molar-refractivity contribution is 0.0717. The molecule has 1 aliphatic heterocycles. The molecule has 0 amide bonds. The van der Waals surface area contributed by atoms with Crippen molar-refractivity contribution in [2.75, 3.05) is 11.9 Å². The Balaban J connectivity index is 1.43. The lowest BCUT2D eigenvalue weighted by atomic mass is 10.2. The van der Waals surface area contributed by atoms with Crippen LogP contribution < -0.4 is 14.8 Å². The van der Waals surface area contributed by atoms with Crippen LogP contribution in [0.3, 0.4) is 0 Å². The van der Waals surface area contributed by atoms with E-state index in [1.165, 1.54) is 0 Å². The molecule has 3 heterocycles. The zero-order valence-corrected chi connectivity index (χ0v) is 12.6. The van der Waals surface area contributed by atoms with E-state index in [0.717, 1.165) is 11.4 Å². The van der Waals surface area contributed by atoms with E-state index in [-0.39, 0.29) is 0 Å². The van der Waals surface area contributed by atoms with Crippen molar-refractivity contribution in [2.45, 2.75) is 12.6 Å². The van der Waals surface area contributed by atoms with Gasteiger partial charge in [0.15, 0.2) is 11.5 Å². The number of aromatic nitrogens is 3. The monoisotopic (exact) mass is 312 g/mol. The Morgan fingerprint density at radius 1 is 1.17 bits per heavy atom. The van der Waals surface area contributed by atoms with E-state index in [1.807, 2.05) is 54.2 Å². The van der Waals surface area contributed by atoms with Gasteiger partial charge in [0.05, 0.1) is 6.54 Å². The van der Waals surface area contributed by atoms with E-state index in [0.29, 0.717) is 30.8 Å². The predicted molar refractivity (Wildman–Crippen MR) is 82.3 cm³/mol. The SMILES string of the molecule is Cn1cccc1CNc1nnc([C@@H]2COc3ccccc3O2)o1. The van der Waals surface area contributed by atoms with E-state index in [2.05, 4.69) is 15.5 Å². The van der Waals surface area contributed by atoms with Crippen LogP contribution in [0, 0.1) is 0 Å². The molecule has 0 bridgehead atoms. The molecule has 7 nitrogen and oxygen atoms in total. The number of nitrogens with zero attached hydrogens (tertiary/aromatic N) is 3. The Hall–Kier alpha value is -2.96. The summed E-state index contributed by atoms with van der Waals surface area (Å²) in [5.74, 6) is 1.81. The minimum Gasteiger partial charge on any atom is -0.485 e. The van der Waals surface area contributed by atoms with Gasteiger partial charge < -0.3 is 23.8 Å². The standard InChI is InChI=1S/C16H16N4O3/c1-20-8-4-5-11(20)9-17-16-19-18-15(23-16)14-10-21-12-6-2-3-7-13(12)22-14/h2-8,14H,9-10H2,1H3,(H,17,19)/t14-/m0/s1. The molecule has 3 aromatic rings. The summed E-state index contributed by atoms with van der Waals surface area (Å²) in [6, 6.07) is 11.9. The summed E-state index contributed by atoms with van der Waals surface area (Å²) in [4.78, 5) is 0. The highest BCUT2D eigenvalue weighted by atomic mass is 16.6. The molecular formula is C16H16N4O3. The number of hydrogen-bond acceptors (Lipinski definition) is 6. The summed E-state index contributed by atoms with van der Waals surface area (Å²) in [5.41, 5.74) is 1.12. The predicted octanol–water partition coefficient (Wildman–Crippen LogP) is 2.53. The van der Waals surface area contributed by atoms with Crippen molar-refractivity contribution in [1.29, 1.82) is 0 Å². The van der Waals surface area contributed by atoms with E-state index < -0.39 is 6.10 Å². The fourth-order valence-electron chi connectivity index (χ4n) is 2.42. The molecule has 0 fully saturated rings. The fraction of sp³-hybridized carbons (Fsp3) is 0.250. The molecule has 0 saturated heterocycles. The van der Waals surface area contributed by atoms with Gasteiger partial charge in [-0.1, -0.05) is 17.2 Å². The molecule has 7 heteroatoms. The summed E-state index contributed by atoms with van der Waals surface area (Å²) < 4.78 is 19.2. The summed E-state index contributed by atoms with van der Waals surface area (Å²) in [6.07, 6.45) is 1.59. The number of benzene rings is 1. The zero-order chi connectivity index (χ0) is 15.6. The molecular weight excluding hydrogens is 296 g/mol. The molecule has 0 aliphatic carbocycles. The highest BCUT2D eigenvalue weighted by Gasteiger charge is 2.27. The minimum atomic E-state index is -0.400. The molecule has 1 aromatic carbocycles. The third kappa shape index (κ3) is 2.73. The van der Waals surface area contributed by atoms with Gasteiger partial charge in [-0.25, -0.2) is 0 Å². The Kier molecular flexibility index (Phi) is 3.38. The Morgan fingerprint density at radius 3 is 2.87 bits per heavy atom. The lowest BCUT2D eigenvalue weighted by Crippen LogP contribution is -2.21. The van der Waals surface area contributed by atoms with Crippen LogP contribution in [-0.4, -0.2) is 21.4 Å². The topological polar surface area (TPSA) is 74.3 Å². The molecule has 1 aliphatic rings. The van der Waals surface area contributed by atoms with Gasteiger partial charge in [0, 0.05) is 18.9 Å². The van der Waals surface area contributed by atoms with Gasteiger partial charge in [0.1, 0.15) is 6.61 Å². The van der Waals surface area contributed by atoms with Gasteiger partial charge in [0.25, 0.3) is 5.89 Å². The number of rotatable bonds is 4. The molecule has 23 heavy (non-hydrogen) atoms. The molecule has 2 aromatic heterocycles. The number of anilines is 1. The largest absolute Gasteiger partial charge is 0.485 e. The Bertz CT molecular complexity index is 811. The average molecular weight is 312 g/mol. The second kappa shape index (κ2) is 5.68. The van der Waals surface area contributed by atoms with Crippen molar-refractivity contribution in [1.82, 2.24) is 14.8 Å². The van der Waals surface area contributed by atoms with Crippen LogP contribution in [0.1, 0.15) is 17.7 Å². The van der Waals surface area contributed by atoms with E-state index in [4.69, 9.17) is 13.9 Å². The first-order chi connectivity index (χ1) is 11.3. The normalized spacial score (nSPS) is 16.3. The summed E-state index contributed by atoms with van der Waals surface area (Å²) in [7, 11) is 1.99. The molecule has 4 rings (SSSR count). The fourth-order valence-corrected chi connectivity index (χ4v) is 2.42. The number of ether oxygens (including phenoxy) is 2. The Labute approximate surface area is 132 Å². The van der Waals surface area contributed by atoms with Crippen molar-refractivity contribution < 1.29 is 13.9 Å². The van der Waals surface area contributed by atoms with Crippen LogP contribution in [0.5, 0.6) is 11.5 Å². The van der Waals surface area contributed by atoms with Crippen LogP contribution in [0.4, 0.5) is 6.01 Å².